The molecule has 0 bridgehead atoms. The van der Waals surface area contributed by atoms with E-state index in [1.54, 1.807) is 30.3 Å². The third kappa shape index (κ3) is 3.66. The third-order valence-corrected chi connectivity index (χ3v) is 4.74. The molecule has 146 valence electrons. The number of benzene rings is 3. The van der Waals surface area contributed by atoms with Gasteiger partial charge in [0.05, 0.1) is 10.5 Å². The molecule has 1 N–H and O–H groups in total. The van der Waals surface area contributed by atoms with E-state index in [0.29, 0.717) is 22.0 Å². The highest BCUT2D eigenvalue weighted by Crippen LogP contribution is 2.32. The van der Waals surface area contributed by atoms with Gasteiger partial charge in [0.1, 0.15) is 0 Å². The van der Waals surface area contributed by atoms with E-state index in [0.717, 1.165) is 5.56 Å². The Balaban J connectivity index is 1.97. The first-order valence-electron chi connectivity index (χ1n) is 9.22. The van der Waals surface area contributed by atoms with Crippen molar-refractivity contribution in [1.82, 2.24) is 4.98 Å². The second-order valence-electron chi connectivity index (χ2n) is 6.67. The van der Waals surface area contributed by atoms with Crippen LogP contribution in [0.5, 0.6) is 0 Å². The molecular weight excluding hydrogens is 380 g/mol. The number of carbonyl (C=O) groups excluding carboxylic acids is 1. The van der Waals surface area contributed by atoms with Gasteiger partial charge in [-0.1, -0.05) is 66.7 Å². The Bertz CT molecular complexity index is 1340. The number of carbonyl (C=O) groups is 1. The first-order valence-corrected chi connectivity index (χ1v) is 9.22. The first kappa shape index (κ1) is 19.0. The largest absolute Gasteiger partial charge is 0.321 e. The second kappa shape index (κ2) is 7.97. The number of H-pyrrole nitrogens is 1. The van der Waals surface area contributed by atoms with Crippen molar-refractivity contribution in [1.29, 1.82) is 0 Å². The van der Waals surface area contributed by atoms with E-state index in [1.807, 2.05) is 36.4 Å². The summed E-state index contributed by atoms with van der Waals surface area (Å²) in [5.74, 6) is -0.479. The molecule has 0 unspecified atom stereocenters. The standard InChI is InChI=1S/C24H16N2O4/c27-21(14-11-16-7-3-1-4-8-16)23-22(17-9-5-2-6-10-17)19-15-18(26(29)30)12-13-20(19)25-24(23)28/h1-15H,(H,25,28). The minimum atomic E-state index is -0.544. The molecule has 0 fully saturated rings. The summed E-state index contributed by atoms with van der Waals surface area (Å²) in [6, 6.07) is 22.4. The molecule has 0 saturated heterocycles. The van der Waals surface area contributed by atoms with Gasteiger partial charge in [-0.2, -0.15) is 0 Å². The Morgan fingerprint density at radius 2 is 1.60 bits per heavy atom. The fraction of sp³-hybridized carbons (Fsp3) is 0. The fourth-order valence-corrected chi connectivity index (χ4v) is 3.35. The zero-order chi connectivity index (χ0) is 21.1. The minimum absolute atomic E-state index is 0.0543. The average Bonchev–Trinajstić information content (AvgIpc) is 2.77. The second-order valence-corrected chi connectivity index (χ2v) is 6.67. The van der Waals surface area contributed by atoms with E-state index in [-0.39, 0.29) is 11.3 Å². The number of ketones is 1. The average molecular weight is 396 g/mol. The Labute approximate surface area is 171 Å². The van der Waals surface area contributed by atoms with Gasteiger partial charge < -0.3 is 4.98 Å². The number of hydrogen-bond donors (Lipinski definition) is 1. The lowest BCUT2D eigenvalue weighted by Gasteiger charge is -2.11. The molecular formula is C24H16N2O4. The summed E-state index contributed by atoms with van der Waals surface area (Å²) in [5.41, 5.74) is 1.53. The van der Waals surface area contributed by atoms with E-state index in [4.69, 9.17) is 0 Å². The number of fused-ring (bicyclic) bond motifs is 1. The van der Waals surface area contributed by atoms with Gasteiger partial charge in [-0.3, -0.25) is 19.7 Å². The number of pyridine rings is 1. The van der Waals surface area contributed by atoms with Crippen LogP contribution in [0.15, 0.2) is 89.7 Å². The predicted molar refractivity (Wildman–Crippen MR) is 116 cm³/mol. The summed E-state index contributed by atoms with van der Waals surface area (Å²) in [4.78, 5) is 39.4. The van der Waals surface area contributed by atoms with Crippen molar-refractivity contribution in [2.75, 3.05) is 0 Å². The predicted octanol–water partition coefficient (Wildman–Crippen LogP) is 5.00. The van der Waals surface area contributed by atoms with Gasteiger partial charge in [0, 0.05) is 28.6 Å². The summed E-state index contributed by atoms with van der Waals surface area (Å²) in [5, 5.41) is 11.7. The van der Waals surface area contributed by atoms with Gasteiger partial charge in [-0.15, -0.1) is 0 Å². The number of non-ortho nitro benzene ring substituents is 1. The highest BCUT2D eigenvalue weighted by atomic mass is 16.6. The maximum atomic E-state index is 13.1. The minimum Gasteiger partial charge on any atom is -0.321 e. The number of aromatic nitrogens is 1. The van der Waals surface area contributed by atoms with Crippen molar-refractivity contribution >= 4 is 28.4 Å². The summed E-state index contributed by atoms with van der Waals surface area (Å²) in [6.07, 6.45) is 2.98. The highest BCUT2D eigenvalue weighted by Gasteiger charge is 2.20. The number of hydrogen-bond acceptors (Lipinski definition) is 4. The zero-order valence-electron chi connectivity index (χ0n) is 15.7. The third-order valence-electron chi connectivity index (χ3n) is 4.74. The Hall–Kier alpha value is -4.32. The molecule has 4 aromatic rings. The highest BCUT2D eigenvalue weighted by molar-refractivity contribution is 6.15. The summed E-state index contributed by atoms with van der Waals surface area (Å²) >= 11 is 0. The van der Waals surface area contributed by atoms with Crippen LogP contribution in [-0.4, -0.2) is 15.7 Å². The molecule has 0 amide bonds. The SMILES string of the molecule is O=C(C=Cc1ccccc1)c1c(-c2ccccc2)c2cc([N+](=O)[O-])ccc2[nH]c1=O. The van der Waals surface area contributed by atoms with Crippen LogP contribution in [0.3, 0.4) is 0 Å². The molecule has 6 heteroatoms. The summed E-state index contributed by atoms with van der Waals surface area (Å²) < 4.78 is 0. The quantitative estimate of drug-likeness (QED) is 0.222. The molecule has 30 heavy (non-hydrogen) atoms. The molecule has 6 nitrogen and oxygen atoms in total. The molecule has 0 aliphatic heterocycles. The fourth-order valence-electron chi connectivity index (χ4n) is 3.35. The number of nitrogens with zero attached hydrogens (tertiary/aromatic N) is 1. The molecule has 0 atom stereocenters. The van der Waals surface area contributed by atoms with Gasteiger partial charge in [-0.25, -0.2) is 0 Å². The number of nitrogens with one attached hydrogen (secondary N) is 1. The number of nitro groups is 1. The van der Waals surface area contributed by atoms with Crippen molar-refractivity contribution in [3.8, 4) is 11.1 Å². The number of rotatable bonds is 5. The topological polar surface area (TPSA) is 93.1 Å². The van der Waals surface area contributed by atoms with Crippen LogP contribution in [0.25, 0.3) is 28.1 Å². The van der Waals surface area contributed by atoms with Crippen LogP contribution in [0.2, 0.25) is 0 Å². The first-order chi connectivity index (χ1) is 14.5. The van der Waals surface area contributed by atoms with Gasteiger partial charge in [-0.05, 0) is 23.3 Å². The maximum Gasteiger partial charge on any atom is 0.270 e. The van der Waals surface area contributed by atoms with Crippen LogP contribution in [0, 0.1) is 10.1 Å². The molecule has 0 saturated carbocycles. The Morgan fingerprint density at radius 3 is 2.27 bits per heavy atom. The lowest BCUT2D eigenvalue weighted by Crippen LogP contribution is -2.18. The van der Waals surface area contributed by atoms with Crippen molar-refractivity contribution in [3.63, 3.8) is 0 Å². The molecule has 0 spiro atoms. The lowest BCUT2D eigenvalue weighted by molar-refractivity contribution is -0.384. The van der Waals surface area contributed by atoms with Crippen LogP contribution in [0.1, 0.15) is 15.9 Å². The van der Waals surface area contributed by atoms with Crippen molar-refractivity contribution in [2.45, 2.75) is 0 Å². The molecule has 4 rings (SSSR count). The van der Waals surface area contributed by atoms with E-state index in [2.05, 4.69) is 4.98 Å². The molecule has 1 heterocycles. The smallest absolute Gasteiger partial charge is 0.270 e. The van der Waals surface area contributed by atoms with E-state index in [9.17, 15) is 19.7 Å². The van der Waals surface area contributed by atoms with Gasteiger partial charge in [0.15, 0.2) is 5.78 Å². The number of allylic oxidation sites excluding steroid dienone is 1. The summed E-state index contributed by atoms with van der Waals surface area (Å²) in [6.45, 7) is 0. The molecule has 0 aliphatic rings. The Kier molecular flexibility index (Phi) is 5.05. The monoisotopic (exact) mass is 396 g/mol. The molecule has 3 aromatic carbocycles. The van der Waals surface area contributed by atoms with Crippen molar-refractivity contribution < 1.29 is 9.72 Å². The van der Waals surface area contributed by atoms with E-state index in [1.165, 1.54) is 24.3 Å². The molecule has 0 radical (unpaired) electrons. The van der Waals surface area contributed by atoms with Gasteiger partial charge in [0.2, 0.25) is 0 Å². The van der Waals surface area contributed by atoms with Crippen LogP contribution in [-0.2, 0) is 0 Å². The zero-order valence-corrected chi connectivity index (χ0v) is 15.7. The van der Waals surface area contributed by atoms with E-state index < -0.39 is 16.3 Å². The van der Waals surface area contributed by atoms with E-state index >= 15 is 0 Å². The normalized spacial score (nSPS) is 11.1. The lowest BCUT2D eigenvalue weighted by atomic mass is 9.93. The van der Waals surface area contributed by atoms with Crippen LogP contribution in [0.4, 0.5) is 5.69 Å². The maximum absolute atomic E-state index is 13.1. The van der Waals surface area contributed by atoms with Crippen molar-refractivity contribution in [2.24, 2.45) is 0 Å². The summed E-state index contributed by atoms with van der Waals surface area (Å²) in [7, 11) is 0. The Morgan fingerprint density at radius 1 is 0.933 bits per heavy atom. The van der Waals surface area contributed by atoms with Crippen molar-refractivity contribution in [3.05, 3.63) is 117 Å². The number of aromatic amines is 1. The van der Waals surface area contributed by atoms with Gasteiger partial charge >= 0.3 is 0 Å². The van der Waals surface area contributed by atoms with Crippen LogP contribution < -0.4 is 5.56 Å². The molecule has 1 aromatic heterocycles. The van der Waals surface area contributed by atoms with Crippen LogP contribution >= 0.6 is 0 Å². The number of nitro benzene ring substituents is 1. The molecule has 0 aliphatic carbocycles. The van der Waals surface area contributed by atoms with Gasteiger partial charge in [0.25, 0.3) is 11.2 Å².